The fourth-order valence-corrected chi connectivity index (χ4v) is 5.18. The van der Waals surface area contributed by atoms with Crippen LogP contribution in [0.2, 0.25) is 0 Å². The predicted octanol–water partition coefficient (Wildman–Crippen LogP) is 2.96. The SMILES string of the molecule is CC(C)[C@@H](C(=O)Nc1nc2ccc(S(C)(=O)=O)cc2s1)N1C(=O)c2ccccc2C1=O. The number of aromatic nitrogens is 1. The number of fused-ring (bicyclic) bond motifs is 2. The predicted molar refractivity (Wildman–Crippen MR) is 117 cm³/mol. The van der Waals surface area contributed by atoms with E-state index in [0.717, 1.165) is 22.5 Å². The fourth-order valence-electron chi connectivity index (χ4n) is 3.55. The van der Waals surface area contributed by atoms with Gasteiger partial charge in [-0.2, -0.15) is 0 Å². The Hall–Kier alpha value is -3.11. The van der Waals surface area contributed by atoms with Crippen molar-refractivity contribution in [3.05, 3.63) is 53.6 Å². The molecule has 1 atom stereocenters. The van der Waals surface area contributed by atoms with Crippen LogP contribution in [0.25, 0.3) is 10.2 Å². The first-order valence-electron chi connectivity index (χ1n) is 9.46. The number of imide groups is 1. The Kier molecular flexibility index (Phi) is 5.14. The number of carbonyl (C=O) groups is 3. The van der Waals surface area contributed by atoms with Gasteiger partial charge < -0.3 is 5.32 Å². The molecule has 1 aromatic heterocycles. The molecule has 1 aliphatic rings. The summed E-state index contributed by atoms with van der Waals surface area (Å²) >= 11 is 1.12. The summed E-state index contributed by atoms with van der Waals surface area (Å²) in [5.74, 6) is -1.88. The Bertz CT molecular complexity index is 1310. The molecule has 0 spiro atoms. The van der Waals surface area contributed by atoms with Crippen molar-refractivity contribution in [1.82, 2.24) is 9.88 Å². The summed E-state index contributed by atoms with van der Waals surface area (Å²) in [5.41, 5.74) is 1.09. The van der Waals surface area contributed by atoms with E-state index in [2.05, 4.69) is 10.3 Å². The van der Waals surface area contributed by atoms with Gasteiger partial charge in [0.05, 0.1) is 26.2 Å². The minimum atomic E-state index is -3.37. The molecule has 3 amide bonds. The van der Waals surface area contributed by atoms with Crippen molar-refractivity contribution in [3.8, 4) is 0 Å². The molecule has 0 fully saturated rings. The fraction of sp³-hybridized carbons (Fsp3) is 0.238. The Balaban J connectivity index is 1.63. The average Bonchev–Trinajstić information content (AvgIpc) is 3.20. The van der Waals surface area contributed by atoms with Crippen LogP contribution in [0.3, 0.4) is 0 Å². The summed E-state index contributed by atoms with van der Waals surface area (Å²) in [6, 6.07) is 9.98. The molecule has 0 saturated heterocycles. The third-order valence-corrected chi connectivity index (χ3v) is 7.07. The maximum Gasteiger partial charge on any atom is 0.262 e. The van der Waals surface area contributed by atoms with Crippen molar-refractivity contribution >= 4 is 54.2 Å². The molecule has 2 aromatic carbocycles. The van der Waals surface area contributed by atoms with Gasteiger partial charge in [-0.3, -0.25) is 19.3 Å². The highest BCUT2D eigenvalue weighted by atomic mass is 32.2. The number of nitrogens with zero attached hydrogens (tertiary/aromatic N) is 2. The van der Waals surface area contributed by atoms with Crippen LogP contribution in [0.1, 0.15) is 34.6 Å². The normalized spacial score (nSPS) is 14.9. The van der Waals surface area contributed by atoms with Gasteiger partial charge in [-0.25, -0.2) is 13.4 Å². The number of thiazole rings is 1. The molecule has 10 heteroatoms. The topological polar surface area (TPSA) is 114 Å². The largest absolute Gasteiger partial charge is 0.300 e. The number of carbonyl (C=O) groups excluding carboxylic acids is 3. The van der Waals surface area contributed by atoms with Gasteiger partial charge in [0.1, 0.15) is 6.04 Å². The summed E-state index contributed by atoms with van der Waals surface area (Å²) in [7, 11) is -3.37. The summed E-state index contributed by atoms with van der Waals surface area (Å²) in [6.07, 6.45) is 1.12. The molecule has 2 heterocycles. The highest BCUT2D eigenvalue weighted by Crippen LogP contribution is 2.31. The summed E-state index contributed by atoms with van der Waals surface area (Å²) in [5, 5.41) is 2.95. The van der Waals surface area contributed by atoms with Crippen molar-refractivity contribution in [3.63, 3.8) is 0 Å². The second-order valence-electron chi connectivity index (χ2n) is 7.62. The zero-order valence-corrected chi connectivity index (χ0v) is 18.6. The van der Waals surface area contributed by atoms with E-state index < -0.39 is 33.6 Å². The third kappa shape index (κ3) is 3.72. The number of amides is 3. The molecule has 0 saturated carbocycles. The van der Waals surface area contributed by atoms with E-state index in [1.807, 2.05) is 0 Å². The van der Waals surface area contributed by atoms with Crippen LogP contribution >= 0.6 is 11.3 Å². The molecule has 1 N–H and O–H groups in total. The lowest BCUT2D eigenvalue weighted by molar-refractivity contribution is -0.121. The van der Waals surface area contributed by atoms with E-state index in [4.69, 9.17) is 0 Å². The van der Waals surface area contributed by atoms with Crippen LogP contribution in [0.4, 0.5) is 5.13 Å². The van der Waals surface area contributed by atoms with Crippen molar-refractivity contribution in [1.29, 1.82) is 0 Å². The van der Waals surface area contributed by atoms with Crippen LogP contribution in [-0.2, 0) is 14.6 Å². The van der Waals surface area contributed by atoms with Gasteiger partial charge in [-0.1, -0.05) is 37.3 Å². The molecule has 4 rings (SSSR count). The van der Waals surface area contributed by atoms with Gasteiger partial charge in [0.2, 0.25) is 5.91 Å². The summed E-state index contributed by atoms with van der Waals surface area (Å²) < 4.78 is 24.1. The number of hydrogen-bond donors (Lipinski definition) is 1. The standard InChI is InChI=1S/C21H19N3O5S2/c1-11(2)17(24-19(26)13-6-4-5-7-14(13)20(24)27)18(25)23-21-22-15-9-8-12(31(3,28)29)10-16(15)30-21/h4-11,17H,1-3H3,(H,22,23,25)/t17-/m0/s1. The second kappa shape index (κ2) is 7.54. The van der Waals surface area contributed by atoms with Gasteiger partial charge in [0.15, 0.2) is 15.0 Å². The minimum Gasteiger partial charge on any atom is -0.300 e. The Labute approximate surface area is 182 Å². The van der Waals surface area contributed by atoms with Crippen LogP contribution in [-0.4, -0.2) is 48.3 Å². The number of benzene rings is 2. The molecule has 0 bridgehead atoms. The van der Waals surface area contributed by atoms with E-state index >= 15 is 0 Å². The van der Waals surface area contributed by atoms with Gasteiger partial charge in [-0.15, -0.1) is 0 Å². The van der Waals surface area contributed by atoms with E-state index in [1.54, 1.807) is 44.2 Å². The second-order valence-corrected chi connectivity index (χ2v) is 10.7. The van der Waals surface area contributed by atoms with Gasteiger partial charge in [-0.05, 0) is 36.2 Å². The molecule has 0 aliphatic carbocycles. The first kappa shape index (κ1) is 21.1. The van der Waals surface area contributed by atoms with E-state index in [1.165, 1.54) is 12.1 Å². The van der Waals surface area contributed by atoms with Gasteiger partial charge in [0, 0.05) is 6.26 Å². The average molecular weight is 458 g/mol. The molecule has 0 unspecified atom stereocenters. The number of nitrogens with one attached hydrogen (secondary N) is 1. The first-order chi connectivity index (χ1) is 14.6. The summed E-state index contributed by atoms with van der Waals surface area (Å²) in [4.78, 5) is 44.3. The maximum atomic E-state index is 13.1. The van der Waals surface area contributed by atoms with Crippen LogP contribution < -0.4 is 5.32 Å². The van der Waals surface area contributed by atoms with Crippen LogP contribution in [0.15, 0.2) is 47.4 Å². The lowest BCUT2D eigenvalue weighted by Crippen LogP contribution is -2.50. The van der Waals surface area contributed by atoms with E-state index in [-0.39, 0.29) is 27.1 Å². The minimum absolute atomic E-state index is 0.160. The van der Waals surface area contributed by atoms with Crippen molar-refractivity contribution in [2.24, 2.45) is 5.92 Å². The molecular formula is C21H19N3O5S2. The molecule has 160 valence electrons. The van der Waals surface area contributed by atoms with E-state index in [0.29, 0.717) is 10.2 Å². The monoisotopic (exact) mass is 457 g/mol. The maximum absolute atomic E-state index is 13.1. The van der Waals surface area contributed by atoms with Gasteiger partial charge >= 0.3 is 0 Å². The molecule has 3 aromatic rings. The lowest BCUT2D eigenvalue weighted by atomic mass is 10.0. The highest BCUT2D eigenvalue weighted by Gasteiger charge is 2.44. The highest BCUT2D eigenvalue weighted by molar-refractivity contribution is 7.90. The molecular weight excluding hydrogens is 438 g/mol. The van der Waals surface area contributed by atoms with E-state index in [9.17, 15) is 22.8 Å². The van der Waals surface area contributed by atoms with Gasteiger partial charge in [0.25, 0.3) is 11.8 Å². The Morgan fingerprint density at radius 1 is 1.06 bits per heavy atom. The molecule has 31 heavy (non-hydrogen) atoms. The van der Waals surface area contributed by atoms with Crippen molar-refractivity contribution < 1.29 is 22.8 Å². The van der Waals surface area contributed by atoms with Crippen LogP contribution in [0.5, 0.6) is 0 Å². The number of anilines is 1. The van der Waals surface area contributed by atoms with Crippen molar-refractivity contribution in [2.45, 2.75) is 24.8 Å². The zero-order valence-electron chi connectivity index (χ0n) is 16.9. The van der Waals surface area contributed by atoms with Crippen molar-refractivity contribution in [2.75, 3.05) is 11.6 Å². The third-order valence-electron chi connectivity index (χ3n) is 5.02. The first-order valence-corrected chi connectivity index (χ1v) is 12.2. The zero-order chi connectivity index (χ0) is 22.5. The lowest BCUT2D eigenvalue weighted by Gasteiger charge is -2.27. The van der Waals surface area contributed by atoms with Crippen LogP contribution in [0, 0.1) is 5.92 Å². The molecule has 0 radical (unpaired) electrons. The molecule has 1 aliphatic heterocycles. The Morgan fingerprint density at radius 3 is 2.23 bits per heavy atom. The summed E-state index contributed by atoms with van der Waals surface area (Å²) in [6.45, 7) is 3.51. The number of hydrogen-bond acceptors (Lipinski definition) is 7. The smallest absolute Gasteiger partial charge is 0.262 e. The molecule has 8 nitrogen and oxygen atoms in total. The number of sulfone groups is 1. The number of rotatable bonds is 5. The Morgan fingerprint density at radius 2 is 1.68 bits per heavy atom. The quantitative estimate of drug-likeness (QED) is 0.589.